The zero-order chi connectivity index (χ0) is 21.1. The molecule has 9 heteroatoms. The van der Waals surface area contributed by atoms with Crippen LogP contribution in [0.4, 0.5) is 0 Å². The summed E-state index contributed by atoms with van der Waals surface area (Å²) in [7, 11) is -5.73. The van der Waals surface area contributed by atoms with Crippen molar-refractivity contribution in [1.29, 1.82) is 0 Å². The number of nitrogens with one attached hydrogen (secondary N) is 2. The zero-order valence-corrected chi connectivity index (χ0v) is 17.9. The average Bonchev–Trinajstić information content (AvgIpc) is 3.07. The maximum atomic E-state index is 12.2. The van der Waals surface area contributed by atoms with Crippen LogP contribution in [-0.2, 0) is 36.5 Å². The summed E-state index contributed by atoms with van der Waals surface area (Å²) in [5, 5.41) is 0.926. The molecule has 0 atom stereocenters. The first-order valence-corrected chi connectivity index (χ1v) is 12.2. The molecule has 0 amide bonds. The molecule has 29 heavy (non-hydrogen) atoms. The Kier molecular flexibility index (Phi) is 6.42. The smallest absolute Gasteiger partial charge is 0.296 e. The minimum Gasteiger partial charge on any atom is -0.361 e. The van der Waals surface area contributed by atoms with Crippen LogP contribution in [0.2, 0.25) is 0 Å². The molecule has 0 saturated carbocycles. The second kappa shape index (κ2) is 8.66. The van der Waals surface area contributed by atoms with E-state index >= 15 is 0 Å². The molecule has 0 radical (unpaired) electrons. The Labute approximate surface area is 171 Å². The van der Waals surface area contributed by atoms with Gasteiger partial charge >= 0.3 is 0 Å². The van der Waals surface area contributed by atoms with E-state index in [9.17, 15) is 16.8 Å². The Morgan fingerprint density at radius 2 is 1.76 bits per heavy atom. The van der Waals surface area contributed by atoms with Crippen molar-refractivity contribution < 1.29 is 21.0 Å². The van der Waals surface area contributed by atoms with E-state index in [-0.39, 0.29) is 17.3 Å². The largest absolute Gasteiger partial charge is 0.361 e. The summed E-state index contributed by atoms with van der Waals surface area (Å²) >= 11 is 0. The lowest BCUT2D eigenvalue weighted by atomic mass is 10.1. The molecule has 2 aromatic carbocycles. The van der Waals surface area contributed by atoms with Gasteiger partial charge in [-0.1, -0.05) is 23.8 Å². The molecule has 3 rings (SSSR count). The second-order valence-electron chi connectivity index (χ2n) is 6.85. The predicted molar refractivity (Wildman–Crippen MR) is 113 cm³/mol. The maximum Gasteiger partial charge on any atom is 0.296 e. The zero-order valence-electron chi connectivity index (χ0n) is 16.3. The second-order valence-corrected chi connectivity index (χ2v) is 10.4. The highest BCUT2D eigenvalue weighted by atomic mass is 32.2. The number of hydrogen-bond donors (Lipinski definition) is 2. The van der Waals surface area contributed by atoms with E-state index in [4.69, 9.17) is 4.18 Å². The van der Waals surface area contributed by atoms with Gasteiger partial charge in [0, 0.05) is 17.1 Å². The summed E-state index contributed by atoms with van der Waals surface area (Å²) in [5.74, 6) is -0.0953. The van der Waals surface area contributed by atoms with E-state index in [2.05, 4.69) is 9.71 Å². The Morgan fingerprint density at radius 3 is 2.45 bits per heavy atom. The lowest BCUT2D eigenvalue weighted by Gasteiger charge is -2.06. The van der Waals surface area contributed by atoms with Crippen LogP contribution in [0.3, 0.4) is 0 Å². The Hall–Kier alpha value is -2.20. The van der Waals surface area contributed by atoms with Crippen molar-refractivity contribution >= 4 is 31.0 Å². The first-order chi connectivity index (χ1) is 13.7. The summed E-state index contributed by atoms with van der Waals surface area (Å²) in [4.78, 5) is 3.30. The third kappa shape index (κ3) is 5.45. The predicted octanol–water partition coefficient (Wildman–Crippen LogP) is 2.86. The summed E-state index contributed by atoms with van der Waals surface area (Å²) in [6, 6.07) is 12.0. The van der Waals surface area contributed by atoms with Crippen molar-refractivity contribution in [3.05, 3.63) is 65.4 Å². The van der Waals surface area contributed by atoms with Gasteiger partial charge < -0.3 is 4.98 Å². The van der Waals surface area contributed by atoms with Gasteiger partial charge in [0.15, 0.2) is 0 Å². The number of fused-ring (bicyclic) bond motifs is 1. The van der Waals surface area contributed by atoms with Gasteiger partial charge in [0.05, 0.1) is 17.3 Å². The van der Waals surface area contributed by atoms with Gasteiger partial charge in [0.1, 0.15) is 0 Å². The molecule has 0 aliphatic carbocycles. The number of sulfonamides is 1. The molecule has 0 unspecified atom stereocenters. The van der Waals surface area contributed by atoms with Crippen LogP contribution in [0.5, 0.6) is 0 Å². The van der Waals surface area contributed by atoms with Gasteiger partial charge in [-0.05, 0) is 62.2 Å². The molecule has 0 aliphatic rings. The monoisotopic (exact) mass is 436 g/mol. The molecular weight excluding hydrogens is 412 g/mol. The summed E-state index contributed by atoms with van der Waals surface area (Å²) < 4.78 is 55.5. The van der Waals surface area contributed by atoms with Crippen LogP contribution in [0.1, 0.15) is 23.1 Å². The SMILES string of the molecule is CNS(=O)(=O)Cc1ccc2[nH]cc(CCCOS(=O)(=O)c3ccc(C)cc3)c2c1. The van der Waals surface area contributed by atoms with E-state index < -0.39 is 20.1 Å². The highest BCUT2D eigenvalue weighted by molar-refractivity contribution is 7.88. The summed E-state index contributed by atoms with van der Waals surface area (Å²) in [5.41, 5.74) is 3.55. The fourth-order valence-corrected chi connectivity index (χ4v) is 4.72. The fourth-order valence-electron chi connectivity index (χ4n) is 3.02. The van der Waals surface area contributed by atoms with Crippen molar-refractivity contribution in [2.24, 2.45) is 0 Å². The van der Waals surface area contributed by atoms with E-state index in [0.717, 1.165) is 22.0 Å². The topological polar surface area (TPSA) is 105 Å². The van der Waals surface area contributed by atoms with Gasteiger partial charge in [0.25, 0.3) is 10.1 Å². The lowest BCUT2D eigenvalue weighted by Crippen LogP contribution is -2.20. The number of benzene rings is 2. The Bertz CT molecular complexity index is 1200. The Balaban J connectivity index is 1.64. The molecule has 0 bridgehead atoms. The number of aromatic nitrogens is 1. The van der Waals surface area contributed by atoms with Gasteiger partial charge in [0.2, 0.25) is 10.0 Å². The van der Waals surface area contributed by atoms with Gasteiger partial charge in [-0.15, -0.1) is 0 Å². The lowest BCUT2D eigenvalue weighted by molar-refractivity contribution is 0.312. The first kappa shape index (κ1) is 21.5. The molecule has 1 heterocycles. The van der Waals surface area contributed by atoms with Crippen molar-refractivity contribution in [2.75, 3.05) is 13.7 Å². The Morgan fingerprint density at radius 1 is 1.03 bits per heavy atom. The van der Waals surface area contributed by atoms with Crippen molar-refractivity contribution in [3.8, 4) is 0 Å². The van der Waals surface area contributed by atoms with E-state index in [1.807, 2.05) is 25.3 Å². The maximum absolute atomic E-state index is 12.2. The van der Waals surface area contributed by atoms with Crippen molar-refractivity contribution in [1.82, 2.24) is 9.71 Å². The minimum atomic E-state index is -3.77. The first-order valence-electron chi connectivity index (χ1n) is 9.16. The normalized spacial score (nSPS) is 12.5. The number of H-pyrrole nitrogens is 1. The molecule has 3 aromatic rings. The molecule has 0 fully saturated rings. The highest BCUT2D eigenvalue weighted by Crippen LogP contribution is 2.22. The minimum absolute atomic E-state index is 0.0662. The third-order valence-corrected chi connectivity index (χ3v) is 7.30. The molecule has 2 N–H and O–H groups in total. The fraction of sp³-hybridized carbons (Fsp3) is 0.300. The molecule has 0 saturated heterocycles. The van der Waals surface area contributed by atoms with Crippen LogP contribution < -0.4 is 4.72 Å². The van der Waals surface area contributed by atoms with Crippen LogP contribution in [0.25, 0.3) is 10.9 Å². The van der Waals surface area contributed by atoms with E-state index in [1.54, 1.807) is 18.2 Å². The number of hydrogen-bond acceptors (Lipinski definition) is 5. The molecule has 0 aliphatic heterocycles. The van der Waals surface area contributed by atoms with Crippen molar-refractivity contribution in [2.45, 2.75) is 30.4 Å². The average molecular weight is 437 g/mol. The molecular formula is C20H24N2O5S2. The summed E-state index contributed by atoms with van der Waals surface area (Å²) in [6.45, 7) is 1.95. The molecule has 0 spiro atoms. The molecule has 1 aromatic heterocycles. The van der Waals surface area contributed by atoms with Crippen LogP contribution in [-0.4, -0.2) is 35.5 Å². The van der Waals surface area contributed by atoms with E-state index in [0.29, 0.717) is 18.4 Å². The van der Waals surface area contributed by atoms with Crippen LogP contribution in [0, 0.1) is 6.92 Å². The quantitative estimate of drug-likeness (QED) is 0.396. The highest BCUT2D eigenvalue weighted by Gasteiger charge is 2.15. The number of aryl methyl sites for hydroxylation is 2. The standard InChI is InChI=1S/C20H24N2O5S2/c1-15-5-8-18(9-6-15)29(25,26)27-11-3-4-17-13-22-20-10-7-16(12-19(17)20)14-28(23,24)21-2/h5-10,12-13,21-22H,3-4,11,14H2,1-2H3. The van der Waals surface area contributed by atoms with Crippen LogP contribution >= 0.6 is 0 Å². The van der Waals surface area contributed by atoms with Gasteiger partial charge in [-0.2, -0.15) is 8.42 Å². The van der Waals surface area contributed by atoms with E-state index in [1.165, 1.54) is 19.2 Å². The van der Waals surface area contributed by atoms with Gasteiger partial charge in [-0.3, -0.25) is 4.18 Å². The third-order valence-electron chi connectivity index (χ3n) is 4.64. The molecule has 156 valence electrons. The summed E-state index contributed by atoms with van der Waals surface area (Å²) in [6.07, 6.45) is 2.97. The van der Waals surface area contributed by atoms with Crippen molar-refractivity contribution in [3.63, 3.8) is 0 Å². The number of rotatable bonds is 9. The molecule has 7 nitrogen and oxygen atoms in total. The van der Waals surface area contributed by atoms with Gasteiger partial charge in [-0.25, -0.2) is 13.1 Å². The van der Waals surface area contributed by atoms with Crippen LogP contribution in [0.15, 0.2) is 53.6 Å². The number of aromatic amines is 1.